The van der Waals surface area contributed by atoms with Crippen LogP contribution in [0.15, 0.2) is 29.2 Å². The zero-order valence-electron chi connectivity index (χ0n) is 10.1. The van der Waals surface area contributed by atoms with Gasteiger partial charge in [-0.05, 0) is 37.9 Å². The third-order valence-electron chi connectivity index (χ3n) is 3.17. The fourth-order valence-corrected chi connectivity index (χ4v) is 3.33. The number of nitrogens with one attached hydrogen (secondary N) is 1. The predicted molar refractivity (Wildman–Crippen MR) is 71.1 cm³/mol. The molecule has 0 aromatic heterocycles. The van der Waals surface area contributed by atoms with Gasteiger partial charge in [0.15, 0.2) is 0 Å². The van der Waals surface area contributed by atoms with Crippen molar-refractivity contribution in [3.63, 3.8) is 0 Å². The van der Waals surface area contributed by atoms with Crippen molar-refractivity contribution in [1.82, 2.24) is 10.2 Å². The Bertz CT molecular complexity index is 340. The highest BCUT2D eigenvalue weighted by Gasteiger charge is 2.23. The number of thioether (sulfide) groups is 1. The van der Waals surface area contributed by atoms with Crippen molar-refractivity contribution in [3.8, 4) is 0 Å². The molecular weight excluding hydrogens is 216 g/mol. The average Bonchev–Trinajstić information content (AvgIpc) is 2.35. The summed E-state index contributed by atoms with van der Waals surface area (Å²) in [6.45, 7) is 2.17. The highest BCUT2D eigenvalue weighted by molar-refractivity contribution is 7.99. The maximum absolute atomic E-state index is 3.21. The van der Waals surface area contributed by atoms with Gasteiger partial charge in [-0.15, -0.1) is 11.8 Å². The van der Waals surface area contributed by atoms with Crippen LogP contribution in [0.3, 0.4) is 0 Å². The summed E-state index contributed by atoms with van der Waals surface area (Å²) < 4.78 is 0. The first-order chi connectivity index (χ1) is 7.83. The maximum Gasteiger partial charge on any atom is 0.0364 e. The number of benzene rings is 1. The molecule has 0 amide bonds. The lowest BCUT2D eigenvalue weighted by molar-refractivity contribution is 0.237. The Labute approximate surface area is 102 Å². The molecule has 0 aliphatic carbocycles. The Hall–Kier alpha value is -0.510. The Morgan fingerprint density at radius 2 is 2.25 bits per heavy atom. The molecule has 2 nitrogen and oxygen atoms in total. The van der Waals surface area contributed by atoms with Gasteiger partial charge in [0.1, 0.15) is 0 Å². The highest BCUT2D eigenvalue weighted by atomic mass is 32.2. The number of fused-ring (bicyclic) bond motifs is 1. The third kappa shape index (κ3) is 2.59. The largest absolute Gasteiger partial charge is 0.318 e. The molecule has 1 N–H and O–H groups in total. The summed E-state index contributed by atoms with van der Waals surface area (Å²) in [6.07, 6.45) is 1.27. The maximum atomic E-state index is 3.21. The smallest absolute Gasteiger partial charge is 0.0364 e. The van der Waals surface area contributed by atoms with Gasteiger partial charge in [0.2, 0.25) is 0 Å². The molecule has 0 fully saturated rings. The lowest BCUT2D eigenvalue weighted by Gasteiger charge is -2.32. The molecule has 1 atom stereocenters. The second-order valence-corrected chi connectivity index (χ2v) is 5.41. The van der Waals surface area contributed by atoms with Crippen LogP contribution in [0.5, 0.6) is 0 Å². The first-order valence-corrected chi connectivity index (χ1v) is 6.88. The van der Waals surface area contributed by atoms with Crippen LogP contribution in [0.4, 0.5) is 0 Å². The lowest BCUT2D eigenvalue weighted by atomic mass is 10.0. The van der Waals surface area contributed by atoms with Crippen LogP contribution in [0, 0.1) is 0 Å². The summed E-state index contributed by atoms with van der Waals surface area (Å²) in [4.78, 5) is 3.93. The van der Waals surface area contributed by atoms with Crippen LogP contribution in [0.2, 0.25) is 0 Å². The molecular formula is C13H20N2S. The topological polar surface area (TPSA) is 15.3 Å². The van der Waals surface area contributed by atoms with E-state index in [1.54, 1.807) is 0 Å². The van der Waals surface area contributed by atoms with Gasteiger partial charge in [0.25, 0.3) is 0 Å². The molecule has 1 aliphatic heterocycles. The van der Waals surface area contributed by atoms with E-state index in [4.69, 9.17) is 0 Å². The van der Waals surface area contributed by atoms with E-state index in [1.807, 2.05) is 18.8 Å². The number of hydrogen-bond donors (Lipinski definition) is 1. The predicted octanol–water partition coefficient (Wildman–Crippen LogP) is 2.37. The number of nitrogens with zero attached hydrogens (tertiary/aromatic N) is 1. The monoisotopic (exact) mass is 236 g/mol. The molecule has 1 aromatic rings. The molecule has 3 heteroatoms. The Morgan fingerprint density at radius 1 is 1.44 bits per heavy atom. The SMILES string of the molecule is CNCCN(C)C1CCSc2ccccc21. The van der Waals surface area contributed by atoms with Crippen LogP contribution in [0.1, 0.15) is 18.0 Å². The molecule has 1 heterocycles. The van der Waals surface area contributed by atoms with Crippen molar-refractivity contribution in [2.45, 2.75) is 17.4 Å². The van der Waals surface area contributed by atoms with Gasteiger partial charge in [-0.2, -0.15) is 0 Å². The van der Waals surface area contributed by atoms with Gasteiger partial charge < -0.3 is 5.32 Å². The minimum Gasteiger partial charge on any atom is -0.318 e. The van der Waals surface area contributed by atoms with Crippen molar-refractivity contribution < 1.29 is 0 Å². The zero-order chi connectivity index (χ0) is 11.4. The molecule has 0 spiro atoms. The molecule has 0 radical (unpaired) electrons. The molecule has 2 rings (SSSR count). The second-order valence-electron chi connectivity index (χ2n) is 4.27. The van der Waals surface area contributed by atoms with Crippen molar-refractivity contribution in [3.05, 3.63) is 29.8 Å². The Balaban J connectivity index is 2.12. The van der Waals surface area contributed by atoms with Crippen molar-refractivity contribution >= 4 is 11.8 Å². The average molecular weight is 236 g/mol. The van der Waals surface area contributed by atoms with Gasteiger partial charge in [-0.3, -0.25) is 4.90 Å². The summed E-state index contributed by atoms with van der Waals surface area (Å²) in [5.41, 5.74) is 1.51. The minimum absolute atomic E-state index is 0.603. The lowest BCUT2D eigenvalue weighted by Crippen LogP contribution is -2.32. The van der Waals surface area contributed by atoms with Crippen molar-refractivity contribution in [1.29, 1.82) is 0 Å². The fourth-order valence-electron chi connectivity index (χ4n) is 2.23. The van der Waals surface area contributed by atoms with E-state index in [0.717, 1.165) is 13.1 Å². The summed E-state index contributed by atoms with van der Waals surface area (Å²) in [5, 5.41) is 3.21. The third-order valence-corrected chi connectivity index (χ3v) is 4.30. The zero-order valence-corrected chi connectivity index (χ0v) is 10.9. The van der Waals surface area contributed by atoms with Crippen LogP contribution in [-0.4, -0.2) is 37.8 Å². The number of rotatable bonds is 4. The van der Waals surface area contributed by atoms with E-state index in [2.05, 4.69) is 41.5 Å². The first kappa shape index (κ1) is 12.0. The van der Waals surface area contributed by atoms with E-state index in [9.17, 15) is 0 Å². The van der Waals surface area contributed by atoms with Gasteiger partial charge in [-0.1, -0.05) is 18.2 Å². The molecule has 88 valence electrons. The number of likely N-dealkylation sites (N-methyl/N-ethyl adjacent to an activating group) is 2. The molecule has 1 unspecified atom stereocenters. The van der Waals surface area contributed by atoms with Crippen LogP contribution in [-0.2, 0) is 0 Å². The normalized spacial score (nSPS) is 19.8. The molecule has 0 saturated carbocycles. The van der Waals surface area contributed by atoms with Gasteiger partial charge in [0.05, 0.1) is 0 Å². The molecule has 16 heavy (non-hydrogen) atoms. The van der Waals surface area contributed by atoms with E-state index in [-0.39, 0.29) is 0 Å². The quantitative estimate of drug-likeness (QED) is 0.864. The molecule has 0 saturated heterocycles. The Morgan fingerprint density at radius 3 is 3.06 bits per heavy atom. The van der Waals surface area contributed by atoms with Crippen LogP contribution < -0.4 is 5.32 Å². The van der Waals surface area contributed by atoms with E-state index < -0.39 is 0 Å². The fraction of sp³-hybridized carbons (Fsp3) is 0.538. The van der Waals surface area contributed by atoms with Gasteiger partial charge >= 0.3 is 0 Å². The molecule has 1 aromatic carbocycles. The van der Waals surface area contributed by atoms with E-state index >= 15 is 0 Å². The van der Waals surface area contributed by atoms with Gasteiger partial charge in [-0.25, -0.2) is 0 Å². The standard InChI is InChI=1S/C13H20N2S/c1-14-8-9-15(2)12-7-10-16-13-6-4-3-5-11(12)13/h3-6,12,14H,7-10H2,1-2H3. The summed E-state index contributed by atoms with van der Waals surface area (Å²) in [7, 11) is 4.24. The molecule has 0 bridgehead atoms. The second kappa shape index (κ2) is 5.71. The number of hydrogen-bond acceptors (Lipinski definition) is 3. The molecule has 1 aliphatic rings. The van der Waals surface area contributed by atoms with E-state index in [0.29, 0.717) is 6.04 Å². The highest BCUT2D eigenvalue weighted by Crippen LogP contribution is 2.38. The van der Waals surface area contributed by atoms with Crippen molar-refractivity contribution in [2.24, 2.45) is 0 Å². The van der Waals surface area contributed by atoms with Gasteiger partial charge in [0, 0.05) is 24.0 Å². The van der Waals surface area contributed by atoms with Crippen LogP contribution >= 0.6 is 11.8 Å². The Kier molecular flexibility index (Phi) is 4.27. The summed E-state index contributed by atoms with van der Waals surface area (Å²) in [6, 6.07) is 9.43. The first-order valence-electron chi connectivity index (χ1n) is 5.89. The van der Waals surface area contributed by atoms with E-state index in [1.165, 1.54) is 22.6 Å². The van der Waals surface area contributed by atoms with Crippen molar-refractivity contribution in [2.75, 3.05) is 32.9 Å². The summed E-state index contributed by atoms with van der Waals surface area (Å²) >= 11 is 1.99. The summed E-state index contributed by atoms with van der Waals surface area (Å²) in [5.74, 6) is 1.24. The van der Waals surface area contributed by atoms with Crippen LogP contribution in [0.25, 0.3) is 0 Å². The minimum atomic E-state index is 0.603.